The van der Waals surface area contributed by atoms with Crippen molar-refractivity contribution in [1.29, 1.82) is 0 Å². The molecule has 5 rings (SSSR count). The van der Waals surface area contributed by atoms with Gasteiger partial charge in [-0.3, -0.25) is 4.79 Å². The van der Waals surface area contributed by atoms with Crippen LogP contribution in [-0.4, -0.2) is 17.8 Å². The van der Waals surface area contributed by atoms with Gasteiger partial charge in [-0.25, -0.2) is 4.39 Å². The lowest BCUT2D eigenvalue weighted by atomic mass is 9.94. The number of carbonyl (C=O) groups excluding carboxylic acids is 1. The summed E-state index contributed by atoms with van der Waals surface area (Å²) in [6.07, 6.45) is 1.47. The van der Waals surface area contributed by atoms with Gasteiger partial charge in [0.1, 0.15) is 5.82 Å². The fourth-order valence-corrected chi connectivity index (χ4v) is 3.95. The number of aliphatic hydroxyl groups excluding tert-OH is 1. The summed E-state index contributed by atoms with van der Waals surface area (Å²) in [5, 5.41) is 12.5. The first-order valence-electron chi connectivity index (χ1n) is 9.81. The van der Waals surface area contributed by atoms with Crippen LogP contribution in [0.2, 0.25) is 0 Å². The number of anilines is 1. The normalized spacial score (nSPS) is 15.7. The van der Waals surface area contributed by atoms with Crippen LogP contribution >= 0.6 is 0 Å². The lowest BCUT2D eigenvalue weighted by Gasteiger charge is -2.17. The number of benzene rings is 3. The monoisotopic (exact) mass is 405 g/mol. The molecule has 3 aromatic rings. The van der Waals surface area contributed by atoms with E-state index in [0.717, 1.165) is 18.4 Å². The molecular weight excluding hydrogens is 385 g/mol. The predicted molar refractivity (Wildman–Crippen MR) is 110 cm³/mol. The number of hydrogen-bond donors (Lipinski definition) is 2. The number of amides is 1. The van der Waals surface area contributed by atoms with Crippen molar-refractivity contribution < 1.29 is 23.8 Å². The van der Waals surface area contributed by atoms with Gasteiger partial charge in [0, 0.05) is 11.3 Å². The quantitative estimate of drug-likeness (QED) is 0.661. The molecular formula is C24H20FNO4. The Labute approximate surface area is 173 Å². The molecule has 0 aromatic heterocycles. The first kappa shape index (κ1) is 18.6. The van der Waals surface area contributed by atoms with Crippen molar-refractivity contribution in [3.63, 3.8) is 0 Å². The second-order valence-corrected chi connectivity index (χ2v) is 7.61. The maximum absolute atomic E-state index is 14.5. The van der Waals surface area contributed by atoms with Crippen LogP contribution in [-0.2, 0) is 16.8 Å². The van der Waals surface area contributed by atoms with Crippen LogP contribution in [0.1, 0.15) is 24.0 Å². The molecule has 1 aliphatic carbocycles. The van der Waals surface area contributed by atoms with Gasteiger partial charge in [0.05, 0.1) is 12.0 Å². The Morgan fingerprint density at radius 1 is 1.00 bits per heavy atom. The minimum Gasteiger partial charge on any atom is -0.454 e. The van der Waals surface area contributed by atoms with Crippen LogP contribution in [0.3, 0.4) is 0 Å². The van der Waals surface area contributed by atoms with Crippen LogP contribution in [0.5, 0.6) is 11.5 Å². The number of ether oxygens (including phenoxy) is 2. The molecule has 0 bridgehead atoms. The predicted octanol–water partition coefficient (Wildman–Crippen LogP) is 4.38. The van der Waals surface area contributed by atoms with E-state index in [2.05, 4.69) is 5.32 Å². The fourth-order valence-electron chi connectivity index (χ4n) is 3.95. The number of hydrogen-bond acceptors (Lipinski definition) is 4. The molecule has 0 saturated heterocycles. The van der Waals surface area contributed by atoms with Gasteiger partial charge in [0.2, 0.25) is 12.7 Å². The summed E-state index contributed by atoms with van der Waals surface area (Å²) in [5.41, 5.74) is 2.35. The number of aliphatic hydroxyl groups is 1. The molecule has 0 atom stereocenters. The summed E-state index contributed by atoms with van der Waals surface area (Å²) in [4.78, 5) is 13.1. The number of rotatable bonds is 5. The lowest BCUT2D eigenvalue weighted by Crippen LogP contribution is -2.27. The first-order valence-corrected chi connectivity index (χ1v) is 9.81. The Balaban J connectivity index is 1.43. The van der Waals surface area contributed by atoms with Gasteiger partial charge in [-0.2, -0.15) is 0 Å². The summed E-state index contributed by atoms with van der Waals surface area (Å²) in [5.74, 6) is 0.789. The van der Waals surface area contributed by atoms with Gasteiger partial charge in [-0.15, -0.1) is 0 Å². The minimum atomic E-state index is -0.613. The molecule has 6 heteroatoms. The maximum atomic E-state index is 14.5. The van der Waals surface area contributed by atoms with Crippen molar-refractivity contribution in [2.45, 2.75) is 24.9 Å². The van der Waals surface area contributed by atoms with Gasteiger partial charge >= 0.3 is 0 Å². The van der Waals surface area contributed by atoms with Gasteiger partial charge in [0.25, 0.3) is 0 Å². The zero-order valence-electron chi connectivity index (χ0n) is 16.2. The molecule has 1 saturated carbocycles. The highest BCUT2D eigenvalue weighted by Crippen LogP contribution is 2.51. The van der Waals surface area contributed by atoms with Crippen molar-refractivity contribution in [2.24, 2.45) is 0 Å². The van der Waals surface area contributed by atoms with Crippen LogP contribution < -0.4 is 14.8 Å². The van der Waals surface area contributed by atoms with E-state index < -0.39 is 11.2 Å². The van der Waals surface area contributed by atoms with Crippen molar-refractivity contribution in [3.8, 4) is 22.6 Å². The molecule has 1 heterocycles. The highest BCUT2D eigenvalue weighted by Gasteiger charge is 2.51. The van der Waals surface area contributed by atoms with Gasteiger partial charge in [-0.1, -0.05) is 30.3 Å². The Kier molecular flexibility index (Phi) is 4.44. The van der Waals surface area contributed by atoms with Gasteiger partial charge in [-0.05, 0) is 59.9 Å². The van der Waals surface area contributed by atoms with Crippen molar-refractivity contribution in [1.82, 2.24) is 0 Å². The molecule has 5 nitrogen and oxygen atoms in total. The second kappa shape index (κ2) is 7.15. The molecule has 152 valence electrons. The molecule has 0 spiro atoms. The molecule has 30 heavy (non-hydrogen) atoms. The Bertz CT molecular complexity index is 1140. The van der Waals surface area contributed by atoms with Crippen LogP contribution in [0, 0.1) is 5.82 Å². The average Bonchev–Trinajstić information content (AvgIpc) is 3.46. The third kappa shape index (κ3) is 3.09. The Morgan fingerprint density at radius 2 is 1.80 bits per heavy atom. The highest BCUT2D eigenvalue weighted by molar-refractivity contribution is 6.02. The fraction of sp³-hybridized carbons (Fsp3) is 0.208. The largest absolute Gasteiger partial charge is 0.454 e. The smallest absolute Gasteiger partial charge is 0.235 e. The SMILES string of the molecule is O=C(Nc1ccc(F)c(-c2ccccc2CO)c1)C1(c2ccc3c(c2)OCO3)CC1. The van der Waals surface area contributed by atoms with E-state index in [9.17, 15) is 14.3 Å². The van der Waals surface area contributed by atoms with Gasteiger partial charge in [0.15, 0.2) is 11.5 Å². The molecule has 2 N–H and O–H groups in total. The van der Waals surface area contributed by atoms with Gasteiger partial charge < -0.3 is 19.9 Å². The maximum Gasteiger partial charge on any atom is 0.235 e. The summed E-state index contributed by atoms with van der Waals surface area (Å²) in [6.45, 7) is -0.00885. The van der Waals surface area contributed by atoms with Crippen molar-refractivity contribution >= 4 is 11.6 Å². The third-order valence-electron chi connectivity index (χ3n) is 5.81. The number of carbonyl (C=O) groups is 1. The van der Waals surface area contributed by atoms with Crippen LogP contribution in [0.15, 0.2) is 60.7 Å². The molecule has 3 aromatic carbocycles. The van der Waals surface area contributed by atoms with Crippen molar-refractivity contribution in [2.75, 3.05) is 12.1 Å². The Hall–Kier alpha value is -3.38. The molecule has 0 radical (unpaired) electrons. The van der Waals surface area contributed by atoms with E-state index in [1.807, 2.05) is 18.2 Å². The highest BCUT2D eigenvalue weighted by atomic mass is 19.1. The van der Waals surface area contributed by atoms with E-state index >= 15 is 0 Å². The van der Waals surface area contributed by atoms with E-state index in [4.69, 9.17) is 9.47 Å². The Morgan fingerprint density at radius 3 is 2.60 bits per heavy atom. The average molecular weight is 405 g/mol. The summed E-state index contributed by atoms with van der Waals surface area (Å²) >= 11 is 0. The third-order valence-corrected chi connectivity index (χ3v) is 5.81. The van der Waals surface area contributed by atoms with E-state index in [1.165, 1.54) is 6.07 Å². The zero-order chi connectivity index (χ0) is 20.7. The second-order valence-electron chi connectivity index (χ2n) is 7.61. The van der Waals surface area contributed by atoms with E-state index in [0.29, 0.717) is 33.9 Å². The number of halogens is 1. The summed E-state index contributed by atoms with van der Waals surface area (Å²) < 4.78 is 25.3. The molecule has 1 amide bonds. The van der Waals surface area contributed by atoms with Crippen LogP contribution in [0.4, 0.5) is 10.1 Å². The molecule has 1 aliphatic heterocycles. The van der Waals surface area contributed by atoms with E-state index in [-0.39, 0.29) is 19.3 Å². The standard InChI is InChI=1S/C24H20FNO4/c25-20-7-6-17(12-19(20)18-4-2-1-3-15(18)13-27)26-23(28)24(9-10-24)16-5-8-21-22(11-16)30-14-29-21/h1-8,11-12,27H,9-10,13-14H2,(H,26,28). The van der Waals surface area contributed by atoms with E-state index in [1.54, 1.807) is 36.4 Å². The molecule has 2 aliphatic rings. The summed E-state index contributed by atoms with van der Waals surface area (Å²) in [6, 6.07) is 17.2. The molecule has 1 fully saturated rings. The van der Waals surface area contributed by atoms with Crippen LogP contribution in [0.25, 0.3) is 11.1 Å². The number of nitrogens with one attached hydrogen (secondary N) is 1. The zero-order valence-corrected chi connectivity index (χ0v) is 16.2. The lowest BCUT2D eigenvalue weighted by molar-refractivity contribution is -0.118. The topological polar surface area (TPSA) is 67.8 Å². The summed E-state index contributed by atoms with van der Waals surface area (Å²) in [7, 11) is 0. The minimum absolute atomic E-state index is 0.130. The first-order chi connectivity index (χ1) is 14.6. The van der Waals surface area contributed by atoms with Crippen molar-refractivity contribution in [3.05, 3.63) is 77.6 Å². The number of fused-ring (bicyclic) bond motifs is 1. The molecule has 0 unspecified atom stereocenters.